The maximum Gasteiger partial charge on any atom is 0.295 e. The maximum absolute atomic E-state index is 13.2. The molecule has 2 saturated heterocycles. The van der Waals surface area contributed by atoms with Crippen LogP contribution in [0.25, 0.3) is 0 Å². The third kappa shape index (κ3) is 5.42. The van der Waals surface area contributed by atoms with Crippen molar-refractivity contribution in [3.05, 3.63) is 47.4 Å². The van der Waals surface area contributed by atoms with E-state index in [1.807, 2.05) is 0 Å². The van der Waals surface area contributed by atoms with Crippen molar-refractivity contribution in [2.45, 2.75) is 25.0 Å². The maximum atomic E-state index is 13.2. The van der Waals surface area contributed by atoms with Crippen LogP contribution in [0.1, 0.15) is 18.4 Å². The first-order chi connectivity index (χ1) is 16.1. The molecule has 1 aromatic rings. The number of hydrogen-bond acceptors (Lipinski definition) is 8. The number of benzene rings is 1. The standard InChI is InChI=1S/C23H31FN6O4/c1-28(2)22(33)19(31)23(27-29(23)3)26-14-18(20(25)34-4)21(32)30-11-9-16(10-12-30)13-15-5-7-17(24)8-6-15/h5-8,14,16,25-27H,9-13H2,1-4H3/b18-14+,25-20?. The number of amides is 2. The Bertz CT molecular complexity index is 988. The number of nitrogens with one attached hydrogen (secondary N) is 3. The van der Waals surface area contributed by atoms with Gasteiger partial charge in [-0.05, 0) is 42.9 Å². The monoisotopic (exact) mass is 474 g/mol. The Balaban J connectivity index is 1.66. The number of halogens is 1. The summed E-state index contributed by atoms with van der Waals surface area (Å²) in [6, 6.07) is 6.45. The lowest BCUT2D eigenvalue weighted by atomic mass is 9.90. The lowest BCUT2D eigenvalue weighted by molar-refractivity contribution is -0.145. The number of hydrogen-bond donors (Lipinski definition) is 3. The van der Waals surface area contributed by atoms with Crippen LogP contribution in [-0.2, 0) is 25.5 Å². The minimum absolute atomic E-state index is 0.0499. The van der Waals surface area contributed by atoms with Gasteiger partial charge in [-0.3, -0.25) is 19.8 Å². The van der Waals surface area contributed by atoms with Crippen LogP contribution >= 0.6 is 0 Å². The van der Waals surface area contributed by atoms with Gasteiger partial charge in [0.2, 0.25) is 11.7 Å². The molecule has 0 radical (unpaired) electrons. The minimum atomic E-state index is -1.48. The minimum Gasteiger partial charge on any atom is -0.481 e. The molecule has 2 aliphatic rings. The first-order valence-corrected chi connectivity index (χ1v) is 11.0. The Morgan fingerprint density at radius 2 is 1.85 bits per heavy atom. The predicted octanol–water partition coefficient (Wildman–Crippen LogP) is 0.465. The second kappa shape index (κ2) is 10.3. The number of carbonyl (C=O) groups excluding carboxylic acids is 3. The summed E-state index contributed by atoms with van der Waals surface area (Å²) in [7, 11) is 5.82. The molecule has 3 rings (SSSR count). The molecule has 2 atom stereocenters. The van der Waals surface area contributed by atoms with Crippen molar-refractivity contribution in [3.8, 4) is 0 Å². The van der Waals surface area contributed by atoms with E-state index in [1.165, 1.54) is 49.4 Å². The highest BCUT2D eigenvalue weighted by atomic mass is 19.1. The van der Waals surface area contributed by atoms with Crippen LogP contribution in [-0.4, -0.2) is 85.4 Å². The Hall–Kier alpha value is -3.31. The van der Waals surface area contributed by atoms with Crippen LogP contribution in [0.3, 0.4) is 0 Å². The second-order valence-corrected chi connectivity index (χ2v) is 8.71. The summed E-state index contributed by atoms with van der Waals surface area (Å²) in [6.45, 7) is 1.00. The molecule has 2 heterocycles. The molecule has 3 N–H and O–H groups in total. The zero-order valence-corrected chi connectivity index (χ0v) is 19.9. The average molecular weight is 475 g/mol. The van der Waals surface area contributed by atoms with Gasteiger partial charge in [0.05, 0.1) is 7.11 Å². The molecule has 0 bridgehead atoms. The smallest absolute Gasteiger partial charge is 0.295 e. The first kappa shape index (κ1) is 25.3. The van der Waals surface area contributed by atoms with Crippen LogP contribution in [0.2, 0.25) is 0 Å². The van der Waals surface area contributed by atoms with E-state index in [0.717, 1.165) is 24.8 Å². The highest BCUT2D eigenvalue weighted by Gasteiger charge is 2.58. The lowest BCUT2D eigenvalue weighted by Gasteiger charge is -2.32. The Kier molecular flexibility index (Phi) is 7.68. The fraction of sp³-hybridized carbons (Fsp3) is 0.478. The summed E-state index contributed by atoms with van der Waals surface area (Å²) in [5.74, 6) is -3.59. The molecular weight excluding hydrogens is 443 g/mol. The van der Waals surface area contributed by atoms with Crippen molar-refractivity contribution in [1.82, 2.24) is 25.6 Å². The topological polar surface area (TPSA) is 128 Å². The van der Waals surface area contributed by atoms with E-state index in [2.05, 4.69) is 10.7 Å². The average Bonchev–Trinajstić information content (AvgIpc) is 3.50. The summed E-state index contributed by atoms with van der Waals surface area (Å²) >= 11 is 0. The lowest BCUT2D eigenvalue weighted by Crippen LogP contribution is -2.50. The van der Waals surface area contributed by atoms with E-state index in [9.17, 15) is 18.8 Å². The summed E-state index contributed by atoms with van der Waals surface area (Å²) in [5, 5.41) is 12.3. The van der Waals surface area contributed by atoms with E-state index in [0.29, 0.717) is 19.0 Å². The molecule has 1 aromatic carbocycles. The Labute approximate surface area is 198 Å². The number of rotatable bonds is 8. The normalized spacial score (nSPS) is 22.7. The SMILES string of the molecule is COC(=N)/C(=C\NC1(C(=O)C(=O)N(C)C)NN1C)C(=O)N1CCC(Cc2ccc(F)cc2)CC1. The number of ether oxygens (including phenoxy) is 1. The van der Waals surface area contributed by atoms with E-state index in [1.54, 1.807) is 24.1 Å². The Morgan fingerprint density at radius 3 is 2.35 bits per heavy atom. The second-order valence-electron chi connectivity index (χ2n) is 8.71. The number of ketones is 1. The van der Waals surface area contributed by atoms with E-state index in [-0.39, 0.29) is 17.3 Å². The molecule has 0 spiro atoms. The van der Waals surface area contributed by atoms with Gasteiger partial charge in [-0.2, -0.15) is 5.01 Å². The molecule has 34 heavy (non-hydrogen) atoms. The van der Waals surface area contributed by atoms with Gasteiger partial charge < -0.3 is 19.9 Å². The molecule has 0 aromatic heterocycles. The fourth-order valence-electron chi connectivity index (χ4n) is 3.95. The van der Waals surface area contributed by atoms with Gasteiger partial charge in [0.25, 0.3) is 17.6 Å². The van der Waals surface area contributed by atoms with Crippen LogP contribution < -0.4 is 10.7 Å². The number of methoxy groups -OCH3 is 1. The number of piperidine rings is 1. The van der Waals surface area contributed by atoms with Crippen LogP contribution in [0, 0.1) is 17.1 Å². The zero-order chi connectivity index (χ0) is 25.0. The molecule has 10 nitrogen and oxygen atoms in total. The van der Waals surface area contributed by atoms with Gasteiger partial charge in [-0.15, -0.1) is 0 Å². The molecule has 2 unspecified atom stereocenters. The molecule has 11 heteroatoms. The van der Waals surface area contributed by atoms with Gasteiger partial charge >= 0.3 is 0 Å². The largest absolute Gasteiger partial charge is 0.481 e. The predicted molar refractivity (Wildman–Crippen MR) is 123 cm³/mol. The summed E-state index contributed by atoms with van der Waals surface area (Å²) in [5.41, 5.74) is 3.77. The Morgan fingerprint density at radius 1 is 1.26 bits per heavy atom. The quantitative estimate of drug-likeness (QED) is 0.164. The van der Waals surface area contributed by atoms with E-state index in [4.69, 9.17) is 10.1 Å². The van der Waals surface area contributed by atoms with Crippen molar-refractivity contribution in [2.75, 3.05) is 41.3 Å². The number of nitrogens with zero attached hydrogens (tertiary/aromatic N) is 3. The molecule has 2 amide bonds. The van der Waals surface area contributed by atoms with Gasteiger partial charge in [-0.1, -0.05) is 12.1 Å². The molecule has 2 aliphatic heterocycles. The fourth-order valence-corrected chi connectivity index (χ4v) is 3.95. The summed E-state index contributed by atoms with van der Waals surface area (Å²) in [4.78, 5) is 40.8. The number of likely N-dealkylation sites (tertiary alicyclic amines) is 1. The molecule has 0 saturated carbocycles. The van der Waals surface area contributed by atoms with E-state index < -0.39 is 23.4 Å². The van der Waals surface area contributed by atoms with Crippen LogP contribution in [0.5, 0.6) is 0 Å². The van der Waals surface area contributed by atoms with Gasteiger partial charge in [0, 0.05) is 40.4 Å². The highest BCUT2D eigenvalue weighted by molar-refractivity contribution is 6.39. The zero-order valence-electron chi connectivity index (χ0n) is 19.9. The molecule has 184 valence electrons. The molecular formula is C23H31FN6O4. The third-order valence-corrected chi connectivity index (χ3v) is 6.16. The third-order valence-electron chi connectivity index (χ3n) is 6.16. The number of hydrazine groups is 1. The van der Waals surface area contributed by atoms with Gasteiger partial charge in [-0.25, -0.2) is 9.82 Å². The van der Waals surface area contributed by atoms with Gasteiger partial charge in [0.1, 0.15) is 11.4 Å². The number of Topliss-reactive ketones (excluding diaryl/α,β-unsaturated/α-hetero) is 1. The van der Waals surface area contributed by atoms with Crippen molar-refractivity contribution in [3.63, 3.8) is 0 Å². The van der Waals surface area contributed by atoms with E-state index >= 15 is 0 Å². The van der Waals surface area contributed by atoms with Crippen LogP contribution in [0.4, 0.5) is 4.39 Å². The van der Waals surface area contributed by atoms with Crippen molar-refractivity contribution >= 4 is 23.5 Å². The summed E-state index contributed by atoms with van der Waals surface area (Å²) in [6.07, 6.45) is 3.60. The van der Waals surface area contributed by atoms with Crippen molar-refractivity contribution in [2.24, 2.45) is 5.92 Å². The first-order valence-electron chi connectivity index (χ1n) is 11.0. The molecule has 2 fully saturated rings. The van der Waals surface area contributed by atoms with Gasteiger partial charge in [0.15, 0.2) is 0 Å². The highest BCUT2D eigenvalue weighted by Crippen LogP contribution is 2.24. The number of likely N-dealkylation sites (N-methyl/N-ethyl adjacent to an activating group) is 2. The van der Waals surface area contributed by atoms with Crippen LogP contribution in [0.15, 0.2) is 36.0 Å². The summed E-state index contributed by atoms with van der Waals surface area (Å²) < 4.78 is 18.1. The van der Waals surface area contributed by atoms with Crippen molar-refractivity contribution in [1.29, 1.82) is 5.41 Å². The van der Waals surface area contributed by atoms with Crippen molar-refractivity contribution < 1.29 is 23.5 Å². The number of carbonyl (C=O) groups is 3. The molecule has 0 aliphatic carbocycles.